The van der Waals surface area contributed by atoms with Crippen molar-refractivity contribution in [3.8, 4) is 0 Å². The van der Waals surface area contributed by atoms with Crippen LogP contribution in [0.2, 0.25) is 0 Å². The lowest BCUT2D eigenvalue weighted by molar-refractivity contribution is 0.254. The molecule has 1 unspecified atom stereocenters. The second-order valence-electron chi connectivity index (χ2n) is 5.97. The van der Waals surface area contributed by atoms with E-state index in [1.807, 2.05) is 12.1 Å². The van der Waals surface area contributed by atoms with Crippen molar-refractivity contribution in [2.45, 2.75) is 38.6 Å². The van der Waals surface area contributed by atoms with E-state index >= 15 is 0 Å². The molecule has 0 spiro atoms. The Morgan fingerprint density at radius 2 is 1.79 bits per heavy atom. The summed E-state index contributed by atoms with van der Waals surface area (Å²) >= 11 is 0. The van der Waals surface area contributed by atoms with Crippen LogP contribution in [0.25, 0.3) is 10.9 Å². The van der Waals surface area contributed by atoms with Gasteiger partial charge in [-0.1, -0.05) is 44.0 Å². The molecule has 2 aromatic rings. The molecule has 1 atom stereocenters. The first-order valence-corrected chi connectivity index (χ1v) is 7.35. The third-order valence-electron chi connectivity index (χ3n) is 4.53. The maximum absolute atomic E-state index is 6.44. The van der Waals surface area contributed by atoms with Crippen molar-refractivity contribution in [2.24, 2.45) is 17.6 Å². The average molecular weight is 254 g/mol. The van der Waals surface area contributed by atoms with E-state index in [2.05, 4.69) is 31.2 Å². The highest BCUT2D eigenvalue weighted by atomic mass is 14.8. The lowest BCUT2D eigenvalue weighted by Crippen LogP contribution is -2.26. The summed E-state index contributed by atoms with van der Waals surface area (Å²) in [5.41, 5.74) is 8.55. The van der Waals surface area contributed by atoms with Crippen LogP contribution in [0, 0.1) is 11.8 Å². The molecule has 2 N–H and O–H groups in total. The molecule has 0 aliphatic heterocycles. The third kappa shape index (κ3) is 2.64. The maximum Gasteiger partial charge on any atom is 0.0706 e. The van der Waals surface area contributed by atoms with Crippen LogP contribution >= 0.6 is 0 Å². The van der Waals surface area contributed by atoms with Gasteiger partial charge in [0.05, 0.1) is 11.2 Å². The van der Waals surface area contributed by atoms with Crippen LogP contribution in [0.4, 0.5) is 0 Å². The minimum absolute atomic E-state index is 0.0945. The number of fused-ring (bicyclic) bond motifs is 1. The molecule has 100 valence electrons. The zero-order valence-corrected chi connectivity index (χ0v) is 11.5. The van der Waals surface area contributed by atoms with E-state index in [0.717, 1.165) is 17.1 Å². The number of hydrogen-bond donors (Lipinski definition) is 1. The van der Waals surface area contributed by atoms with Gasteiger partial charge in [-0.3, -0.25) is 4.98 Å². The molecule has 0 bridgehead atoms. The Hall–Kier alpha value is -1.41. The molecule has 19 heavy (non-hydrogen) atoms. The van der Waals surface area contributed by atoms with Crippen LogP contribution in [0.1, 0.15) is 44.3 Å². The first kappa shape index (κ1) is 12.6. The fraction of sp³-hybridized carbons (Fsp3) is 0.471. The molecule has 1 heterocycles. The van der Waals surface area contributed by atoms with E-state index in [4.69, 9.17) is 10.7 Å². The summed E-state index contributed by atoms with van der Waals surface area (Å²) in [7, 11) is 0. The normalized spacial score (nSPS) is 25.4. The number of nitrogens with zero attached hydrogens (tertiary/aromatic N) is 1. The number of nitrogens with two attached hydrogens (primary N) is 1. The molecule has 2 nitrogen and oxygen atoms in total. The Balaban J connectivity index is 1.83. The number of pyridine rings is 1. The molecule has 3 rings (SSSR count). The van der Waals surface area contributed by atoms with Crippen LogP contribution in [0.5, 0.6) is 0 Å². The van der Waals surface area contributed by atoms with Gasteiger partial charge < -0.3 is 5.73 Å². The van der Waals surface area contributed by atoms with Crippen LogP contribution in [0.15, 0.2) is 36.4 Å². The number of benzene rings is 1. The van der Waals surface area contributed by atoms with Gasteiger partial charge in [-0.2, -0.15) is 0 Å². The predicted octanol–water partition coefficient (Wildman–Crippen LogP) is 4.06. The molecule has 0 saturated heterocycles. The van der Waals surface area contributed by atoms with Crippen molar-refractivity contribution in [1.82, 2.24) is 4.98 Å². The van der Waals surface area contributed by atoms with Crippen LogP contribution in [-0.2, 0) is 0 Å². The molecule has 1 aliphatic carbocycles. The zero-order valence-electron chi connectivity index (χ0n) is 11.5. The van der Waals surface area contributed by atoms with Crippen molar-refractivity contribution in [3.05, 3.63) is 42.1 Å². The molecule has 1 aliphatic rings. The lowest BCUT2D eigenvalue weighted by Gasteiger charge is -2.30. The Labute approximate surface area is 115 Å². The predicted molar refractivity (Wildman–Crippen MR) is 79.8 cm³/mol. The second kappa shape index (κ2) is 5.30. The summed E-state index contributed by atoms with van der Waals surface area (Å²) in [6.07, 6.45) is 5.12. The molecular weight excluding hydrogens is 232 g/mol. The Morgan fingerprint density at radius 1 is 1.05 bits per heavy atom. The minimum Gasteiger partial charge on any atom is -0.322 e. The Morgan fingerprint density at radius 3 is 2.58 bits per heavy atom. The SMILES string of the molecule is CC1CCC(C(N)c2ccc3ccccc3n2)CC1. The van der Waals surface area contributed by atoms with Gasteiger partial charge in [-0.15, -0.1) is 0 Å². The monoisotopic (exact) mass is 254 g/mol. The van der Waals surface area contributed by atoms with Crippen molar-refractivity contribution in [1.29, 1.82) is 0 Å². The summed E-state index contributed by atoms with van der Waals surface area (Å²) in [5.74, 6) is 1.47. The van der Waals surface area contributed by atoms with Crippen molar-refractivity contribution in [3.63, 3.8) is 0 Å². The van der Waals surface area contributed by atoms with Crippen molar-refractivity contribution >= 4 is 10.9 Å². The zero-order chi connectivity index (χ0) is 13.2. The number of aromatic nitrogens is 1. The van der Waals surface area contributed by atoms with E-state index in [-0.39, 0.29) is 6.04 Å². The molecule has 1 saturated carbocycles. The van der Waals surface area contributed by atoms with E-state index in [1.54, 1.807) is 0 Å². The quantitative estimate of drug-likeness (QED) is 0.877. The number of para-hydroxylation sites is 1. The summed E-state index contributed by atoms with van der Waals surface area (Å²) in [6, 6.07) is 12.6. The molecule has 0 amide bonds. The molecule has 1 aromatic carbocycles. The van der Waals surface area contributed by atoms with E-state index in [1.165, 1.54) is 31.1 Å². The Kier molecular flexibility index (Phi) is 3.52. The lowest BCUT2D eigenvalue weighted by atomic mass is 9.78. The maximum atomic E-state index is 6.44. The minimum atomic E-state index is 0.0945. The highest BCUT2D eigenvalue weighted by Gasteiger charge is 2.25. The largest absolute Gasteiger partial charge is 0.322 e. The molecule has 1 aromatic heterocycles. The van der Waals surface area contributed by atoms with Crippen molar-refractivity contribution in [2.75, 3.05) is 0 Å². The van der Waals surface area contributed by atoms with Crippen LogP contribution < -0.4 is 5.73 Å². The molecular formula is C17H22N2. The molecule has 0 radical (unpaired) electrons. The summed E-state index contributed by atoms with van der Waals surface area (Å²) in [5, 5.41) is 1.19. The standard InChI is InChI=1S/C17H22N2/c1-12-6-8-14(9-7-12)17(18)16-11-10-13-4-2-3-5-15(13)19-16/h2-5,10-12,14,17H,6-9,18H2,1H3. The van der Waals surface area contributed by atoms with E-state index in [0.29, 0.717) is 5.92 Å². The van der Waals surface area contributed by atoms with Crippen molar-refractivity contribution < 1.29 is 0 Å². The second-order valence-corrected chi connectivity index (χ2v) is 5.97. The van der Waals surface area contributed by atoms with Gasteiger partial charge in [0, 0.05) is 11.4 Å². The summed E-state index contributed by atoms with van der Waals surface area (Å²) in [4.78, 5) is 4.74. The van der Waals surface area contributed by atoms with Crippen LogP contribution in [0.3, 0.4) is 0 Å². The number of hydrogen-bond acceptors (Lipinski definition) is 2. The van der Waals surface area contributed by atoms with E-state index < -0.39 is 0 Å². The van der Waals surface area contributed by atoms with Gasteiger partial charge in [0.15, 0.2) is 0 Å². The first-order chi connectivity index (χ1) is 9.24. The average Bonchev–Trinajstić information content (AvgIpc) is 2.47. The van der Waals surface area contributed by atoms with Gasteiger partial charge in [0.25, 0.3) is 0 Å². The van der Waals surface area contributed by atoms with Gasteiger partial charge in [-0.25, -0.2) is 0 Å². The molecule has 2 heteroatoms. The fourth-order valence-corrected chi connectivity index (χ4v) is 3.15. The van der Waals surface area contributed by atoms with Gasteiger partial charge >= 0.3 is 0 Å². The van der Waals surface area contributed by atoms with Gasteiger partial charge in [0.1, 0.15) is 0 Å². The summed E-state index contributed by atoms with van der Waals surface area (Å²) in [6.45, 7) is 2.34. The van der Waals surface area contributed by atoms with Gasteiger partial charge in [0.2, 0.25) is 0 Å². The smallest absolute Gasteiger partial charge is 0.0706 e. The number of rotatable bonds is 2. The Bertz CT molecular complexity index is 556. The third-order valence-corrected chi connectivity index (χ3v) is 4.53. The fourth-order valence-electron chi connectivity index (χ4n) is 3.15. The van der Waals surface area contributed by atoms with Gasteiger partial charge in [-0.05, 0) is 36.8 Å². The summed E-state index contributed by atoms with van der Waals surface area (Å²) < 4.78 is 0. The topological polar surface area (TPSA) is 38.9 Å². The van der Waals surface area contributed by atoms with Crippen LogP contribution in [-0.4, -0.2) is 4.98 Å². The van der Waals surface area contributed by atoms with E-state index in [9.17, 15) is 0 Å². The first-order valence-electron chi connectivity index (χ1n) is 7.35. The highest BCUT2D eigenvalue weighted by Crippen LogP contribution is 2.35. The highest BCUT2D eigenvalue weighted by molar-refractivity contribution is 5.78. The molecule has 1 fully saturated rings.